The van der Waals surface area contributed by atoms with Crippen molar-refractivity contribution in [2.75, 3.05) is 13.7 Å². The number of hydrogen-bond acceptors (Lipinski definition) is 5. The molecule has 0 amide bonds. The van der Waals surface area contributed by atoms with Crippen molar-refractivity contribution in [1.29, 1.82) is 0 Å². The number of hydrogen-bond donors (Lipinski definition) is 2. The van der Waals surface area contributed by atoms with E-state index in [1.54, 1.807) is 13.2 Å². The lowest BCUT2D eigenvalue weighted by molar-refractivity contribution is 0.0680. The zero-order chi connectivity index (χ0) is 17.9. The molecule has 0 aliphatic rings. The molecular formula is C14H16BrN3O5S. The molecule has 130 valence electrons. The molecule has 8 nitrogen and oxygen atoms in total. The number of nitrogens with one attached hydrogen (secondary N) is 1. The van der Waals surface area contributed by atoms with E-state index in [2.05, 4.69) is 25.8 Å². The second kappa shape index (κ2) is 7.32. The van der Waals surface area contributed by atoms with Crippen molar-refractivity contribution in [2.45, 2.75) is 11.3 Å². The minimum Gasteiger partial charge on any atom is -0.496 e. The summed E-state index contributed by atoms with van der Waals surface area (Å²) in [5.41, 5.74) is 0.518. The van der Waals surface area contributed by atoms with Gasteiger partial charge in [-0.05, 0) is 40.0 Å². The Bertz CT molecular complexity index is 863. The first kappa shape index (κ1) is 18.4. The number of benzene rings is 1. The van der Waals surface area contributed by atoms with Gasteiger partial charge in [-0.1, -0.05) is 6.07 Å². The number of aromatic carboxylic acids is 1. The predicted molar refractivity (Wildman–Crippen MR) is 89.8 cm³/mol. The standard InChI is InChI=1S/C14H16BrN3O5S/c1-18-13(14(19)20)12(8-16-18)24(21,22)17-6-5-9-3-4-11(23-2)10(15)7-9/h3-4,7-8,17H,5-6H2,1-2H3,(H,19,20). The average Bonchev–Trinajstić information content (AvgIpc) is 2.90. The van der Waals surface area contributed by atoms with E-state index >= 15 is 0 Å². The van der Waals surface area contributed by atoms with Gasteiger partial charge < -0.3 is 9.84 Å². The number of ether oxygens (including phenoxy) is 1. The van der Waals surface area contributed by atoms with Crippen LogP contribution in [0.2, 0.25) is 0 Å². The van der Waals surface area contributed by atoms with Gasteiger partial charge >= 0.3 is 5.97 Å². The number of aromatic nitrogens is 2. The van der Waals surface area contributed by atoms with Crippen molar-refractivity contribution in [1.82, 2.24) is 14.5 Å². The van der Waals surface area contributed by atoms with Crippen molar-refractivity contribution in [3.63, 3.8) is 0 Å². The molecule has 0 saturated carbocycles. The van der Waals surface area contributed by atoms with Crippen LogP contribution in [0.4, 0.5) is 0 Å². The summed E-state index contributed by atoms with van der Waals surface area (Å²) in [5.74, 6) is -0.671. The Morgan fingerprint density at radius 2 is 2.17 bits per heavy atom. The lowest BCUT2D eigenvalue weighted by Gasteiger charge is -2.08. The third-order valence-corrected chi connectivity index (χ3v) is 5.40. The third-order valence-electron chi connectivity index (χ3n) is 3.32. The average molecular weight is 418 g/mol. The molecule has 0 saturated heterocycles. The molecule has 0 spiro atoms. The molecule has 0 fully saturated rings. The maximum Gasteiger partial charge on any atom is 0.355 e. The number of carboxylic acid groups (broad SMARTS) is 1. The smallest absolute Gasteiger partial charge is 0.355 e. The van der Waals surface area contributed by atoms with Gasteiger partial charge in [0, 0.05) is 13.6 Å². The normalized spacial score (nSPS) is 11.5. The van der Waals surface area contributed by atoms with Gasteiger partial charge in [-0.25, -0.2) is 17.9 Å². The highest BCUT2D eigenvalue weighted by Gasteiger charge is 2.26. The summed E-state index contributed by atoms with van der Waals surface area (Å²) in [6.07, 6.45) is 1.46. The van der Waals surface area contributed by atoms with Gasteiger partial charge in [-0.15, -0.1) is 0 Å². The number of sulfonamides is 1. The van der Waals surface area contributed by atoms with Gasteiger partial charge in [-0.3, -0.25) is 4.68 Å². The highest BCUT2D eigenvalue weighted by Crippen LogP contribution is 2.25. The highest BCUT2D eigenvalue weighted by molar-refractivity contribution is 9.10. The van der Waals surface area contributed by atoms with Crippen LogP contribution in [-0.4, -0.2) is 42.9 Å². The summed E-state index contributed by atoms with van der Waals surface area (Å²) in [6.45, 7) is 0.120. The van der Waals surface area contributed by atoms with Gasteiger partial charge in [0.1, 0.15) is 10.6 Å². The maximum atomic E-state index is 12.3. The van der Waals surface area contributed by atoms with Crippen LogP contribution < -0.4 is 9.46 Å². The van der Waals surface area contributed by atoms with E-state index in [0.717, 1.165) is 20.9 Å². The molecule has 24 heavy (non-hydrogen) atoms. The minimum atomic E-state index is -3.96. The van der Waals surface area contributed by atoms with Crippen molar-refractivity contribution >= 4 is 31.9 Å². The van der Waals surface area contributed by atoms with E-state index in [0.29, 0.717) is 12.2 Å². The van der Waals surface area contributed by atoms with E-state index in [4.69, 9.17) is 9.84 Å². The van der Waals surface area contributed by atoms with Crippen LogP contribution in [0.5, 0.6) is 5.75 Å². The first-order valence-electron chi connectivity index (χ1n) is 6.83. The van der Waals surface area contributed by atoms with E-state index in [-0.39, 0.29) is 17.1 Å². The number of methoxy groups -OCH3 is 1. The Labute approximate surface area is 147 Å². The minimum absolute atomic E-state index is 0.120. The summed E-state index contributed by atoms with van der Waals surface area (Å²) in [4.78, 5) is 10.8. The quantitative estimate of drug-likeness (QED) is 0.704. The second-order valence-electron chi connectivity index (χ2n) is 4.90. The fourth-order valence-corrected chi connectivity index (χ4v) is 3.90. The largest absolute Gasteiger partial charge is 0.496 e. The lowest BCUT2D eigenvalue weighted by Crippen LogP contribution is -2.27. The van der Waals surface area contributed by atoms with E-state index in [1.807, 2.05) is 12.1 Å². The van der Waals surface area contributed by atoms with Crippen molar-refractivity contribution in [3.8, 4) is 5.75 Å². The number of halogens is 1. The molecule has 1 heterocycles. The number of rotatable bonds is 7. The molecule has 0 aliphatic carbocycles. The van der Waals surface area contributed by atoms with E-state index in [1.165, 1.54) is 7.05 Å². The zero-order valence-corrected chi connectivity index (χ0v) is 15.4. The SMILES string of the molecule is COc1ccc(CCNS(=O)(=O)c2cnn(C)c2C(=O)O)cc1Br. The van der Waals surface area contributed by atoms with Crippen LogP contribution in [0.1, 0.15) is 16.1 Å². The molecule has 10 heteroatoms. The Morgan fingerprint density at radius 1 is 1.46 bits per heavy atom. The predicted octanol–water partition coefficient (Wildman–Crippen LogP) is 1.41. The Kier molecular flexibility index (Phi) is 5.62. The number of carbonyl (C=O) groups is 1. The maximum absolute atomic E-state index is 12.3. The number of aryl methyl sites for hydroxylation is 1. The number of carboxylic acids is 1. The van der Waals surface area contributed by atoms with Crippen LogP contribution in [0.25, 0.3) is 0 Å². The summed E-state index contributed by atoms with van der Waals surface area (Å²) in [7, 11) is -1.03. The van der Waals surface area contributed by atoms with Gasteiger partial charge in [0.05, 0.1) is 17.8 Å². The monoisotopic (exact) mass is 417 g/mol. The van der Waals surface area contributed by atoms with Crippen LogP contribution in [0.15, 0.2) is 33.8 Å². The molecule has 1 aromatic heterocycles. The van der Waals surface area contributed by atoms with Gasteiger partial charge in [0.15, 0.2) is 5.69 Å². The molecule has 0 aliphatic heterocycles. The fourth-order valence-electron chi connectivity index (χ4n) is 2.13. The lowest BCUT2D eigenvalue weighted by atomic mass is 10.1. The van der Waals surface area contributed by atoms with Crippen LogP contribution in [0, 0.1) is 0 Å². The molecule has 0 atom stereocenters. The molecule has 0 unspecified atom stereocenters. The summed E-state index contributed by atoms with van der Waals surface area (Å²) in [5, 5.41) is 12.8. The van der Waals surface area contributed by atoms with Gasteiger partial charge in [-0.2, -0.15) is 5.10 Å². The zero-order valence-electron chi connectivity index (χ0n) is 13.0. The van der Waals surface area contributed by atoms with Crippen LogP contribution in [0.3, 0.4) is 0 Å². The van der Waals surface area contributed by atoms with E-state index < -0.39 is 16.0 Å². The molecule has 2 N–H and O–H groups in total. The van der Waals surface area contributed by atoms with Crippen molar-refractivity contribution in [2.24, 2.45) is 7.05 Å². The molecule has 1 aromatic carbocycles. The first-order valence-corrected chi connectivity index (χ1v) is 9.11. The fraction of sp³-hybridized carbons (Fsp3) is 0.286. The van der Waals surface area contributed by atoms with Crippen LogP contribution >= 0.6 is 15.9 Å². The molecular weight excluding hydrogens is 402 g/mol. The topological polar surface area (TPSA) is 111 Å². The first-order chi connectivity index (χ1) is 11.3. The van der Waals surface area contributed by atoms with Gasteiger partial charge in [0.2, 0.25) is 10.0 Å². The van der Waals surface area contributed by atoms with Gasteiger partial charge in [0.25, 0.3) is 0 Å². The third kappa shape index (κ3) is 3.94. The Morgan fingerprint density at radius 3 is 2.75 bits per heavy atom. The highest BCUT2D eigenvalue weighted by atomic mass is 79.9. The Balaban J connectivity index is 2.09. The summed E-state index contributed by atoms with van der Waals surface area (Å²) < 4.78 is 33.8. The summed E-state index contributed by atoms with van der Waals surface area (Å²) in [6, 6.07) is 5.43. The number of nitrogens with zero attached hydrogens (tertiary/aromatic N) is 2. The van der Waals surface area contributed by atoms with Crippen LogP contribution in [-0.2, 0) is 23.5 Å². The van der Waals surface area contributed by atoms with Crippen molar-refractivity contribution < 1.29 is 23.1 Å². The molecule has 2 rings (SSSR count). The van der Waals surface area contributed by atoms with Crippen molar-refractivity contribution in [3.05, 3.63) is 40.1 Å². The molecule has 2 aromatic rings. The second-order valence-corrected chi connectivity index (χ2v) is 7.49. The Hall–Kier alpha value is -1.91. The molecule has 0 radical (unpaired) electrons. The summed E-state index contributed by atoms with van der Waals surface area (Å²) >= 11 is 3.36. The molecule has 0 bridgehead atoms. The van der Waals surface area contributed by atoms with E-state index in [9.17, 15) is 13.2 Å².